The fraction of sp³-hybridized carbons (Fsp3) is 0.0526. The van der Waals surface area contributed by atoms with Crippen molar-refractivity contribution in [3.8, 4) is 17.2 Å². The van der Waals surface area contributed by atoms with Crippen LogP contribution in [0.5, 0.6) is 17.2 Å². The van der Waals surface area contributed by atoms with Crippen LogP contribution in [0.3, 0.4) is 0 Å². The van der Waals surface area contributed by atoms with Gasteiger partial charge in [-0.3, -0.25) is 4.79 Å². The molecule has 0 fully saturated rings. The van der Waals surface area contributed by atoms with Gasteiger partial charge in [-0.05, 0) is 42.5 Å². The molecular formula is C19H14N2O3. The molecule has 0 aliphatic rings. The van der Waals surface area contributed by atoms with E-state index in [9.17, 15) is 4.79 Å². The normalized spacial score (nSPS) is 10.9. The van der Waals surface area contributed by atoms with Gasteiger partial charge in [0.15, 0.2) is 0 Å². The van der Waals surface area contributed by atoms with Crippen LogP contribution < -0.4 is 15.0 Å². The zero-order chi connectivity index (χ0) is 16.5. The molecular weight excluding hydrogens is 304 g/mol. The topological polar surface area (TPSA) is 64.2 Å². The Morgan fingerprint density at radius 3 is 2.58 bits per heavy atom. The summed E-state index contributed by atoms with van der Waals surface area (Å²) in [5.74, 6) is 2.03. The van der Waals surface area contributed by atoms with Gasteiger partial charge in [0.1, 0.15) is 22.9 Å². The minimum Gasteiger partial charge on any atom is -0.497 e. The van der Waals surface area contributed by atoms with E-state index in [0.717, 1.165) is 16.5 Å². The van der Waals surface area contributed by atoms with Crippen LogP contribution in [0.4, 0.5) is 0 Å². The van der Waals surface area contributed by atoms with Gasteiger partial charge in [-0.1, -0.05) is 6.07 Å². The summed E-state index contributed by atoms with van der Waals surface area (Å²) in [6.45, 7) is 0. The summed E-state index contributed by atoms with van der Waals surface area (Å²) in [5, 5.41) is 2.29. The van der Waals surface area contributed by atoms with Crippen LogP contribution in [-0.2, 0) is 0 Å². The van der Waals surface area contributed by atoms with E-state index in [1.54, 1.807) is 25.4 Å². The summed E-state index contributed by atoms with van der Waals surface area (Å²) >= 11 is 0. The molecule has 0 atom stereocenters. The second-order valence-corrected chi connectivity index (χ2v) is 5.34. The van der Waals surface area contributed by atoms with E-state index in [-0.39, 0.29) is 5.56 Å². The average molecular weight is 318 g/mol. The third-order valence-corrected chi connectivity index (χ3v) is 3.84. The Hall–Kier alpha value is -3.34. The number of H-pyrrole nitrogens is 1. The molecule has 1 N–H and O–H groups in total. The fourth-order valence-electron chi connectivity index (χ4n) is 2.71. The molecule has 118 valence electrons. The van der Waals surface area contributed by atoms with Gasteiger partial charge >= 0.3 is 0 Å². The number of hydrogen-bond donors (Lipinski definition) is 1. The highest BCUT2D eigenvalue weighted by Gasteiger charge is 2.08. The van der Waals surface area contributed by atoms with Crippen LogP contribution in [0.25, 0.3) is 21.8 Å². The van der Waals surface area contributed by atoms with Crippen LogP contribution in [0.2, 0.25) is 0 Å². The van der Waals surface area contributed by atoms with Crippen molar-refractivity contribution in [2.24, 2.45) is 0 Å². The number of nitrogens with zero attached hydrogens (tertiary/aromatic N) is 1. The van der Waals surface area contributed by atoms with Crippen LogP contribution in [0, 0.1) is 0 Å². The van der Waals surface area contributed by atoms with Gasteiger partial charge < -0.3 is 14.5 Å². The number of ether oxygens (including phenoxy) is 2. The predicted octanol–water partition coefficient (Wildman–Crippen LogP) is 3.88. The minimum atomic E-state index is -0.163. The first-order valence-electron chi connectivity index (χ1n) is 7.47. The van der Waals surface area contributed by atoms with Crippen molar-refractivity contribution in [3.63, 3.8) is 0 Å². The number of rotatable bonds is 3. The van der Waals surface area contributed by atoms with Gasteiger partial charge in [-0.15, -0.1) is 0 Å². The molecule has 0 bridgehead atoms. The molecule has 4 aromatic rings. The number of pyridine rings is 2. The summed E-state index contributed by atoms with van der Waals surface area (Å²) < 4.78 is 11.1. The summed E-state index contributed by atoms with van der Waals surface area (Å²) in [6.07, 6.45) is 1.65. The number of aromatic nitrogens is 2. The monoisotopic (exact) mass is 318 g/mol. The van der Waals surface area contributed by atoms with Gasteiger partial charge in [0, 0.05) is 28.4 Å². The molecule has 0 saturated carbocycles. The van der Waals surface area contributed by atoms with E-state index >= 15 is 0 Å². The number of methoxy groups -OCH3 is 1. The quantitative estimate of drug-likeness (QED) is 0.582. The zero-order valence-corrected chi connectivity index (χ0v) is 12.9. The van der Waals surface area contributed by atoms with Crippen molar-refractivity contribution < 1.29 is 9.47 Å². The Labute approximate surface area is 137 Å². The molecule has 0 aliphatic carbocycles. The maximum atomic E-state index is 12.2. The van der Waals surface area contributed by atoms with E-state index in [0.29, 0.717) is 22.5 Å². The van der Waals surface area contributed by atoms with Gasteiger partial charge in [-0.25, -0.2) is 4.98 Å². The first-order valence-corrected chi connectivity index (χ1v) is 7.47. The average Bonchev–Trinajstić information content (AvgIpc) is 2.62. The van der Waals surface area contributed by atoms with Gasteiger partial charge in [0.2, 0.25) is 0 Å². The molecule has 0 unspecified atom stereocenters. The first-order chi connectivity index (χ1) is 11.7. The van der Waals surface area contributed by atoms with E-state index in [1.165, 1.54) is 0 Å². The highest BCUT2D eigenvalue weighted by atomic mass is 16.5. The van der Waals surface area contributed by atoms with Crippen LogP contribution in [-0.4, -0.2) is 17.1 Å². The number of hydrogen-bond acceptors (Lipinski definition) is 4. The molecule has 5 heteroatoms. The lowest BCUT2D eigenvalue weighted by Gasteiger charge is -2.09. The van der Waals surface area contributed by atoms with Crippen molar-refractivity contribution in [3.05, 3.63) is 71.1 Å². The molecule has 4 rings (SSSR count). The number of benzene rings is 2. The van der Waals surface area contributed by atoms with E-state index in [1.807, 2.05) is 42.5 Å². The lowest BCUT2D eigenvalue weighted by molar-refractivity contribution is 0.409. The highest BCUT2D eigenvalue weighted by Crippen LogP contribution is 2.29. The van der Waals surface area contributed by atoms with Crippen LogP contribution >= 0.6 is 0 Å². The maximum absolute atomic E-state index is 12.2. The lowest BCUT2D eigenvalue weighted by Crippen LogP contribution is -2.07. The number of aromatic amines is 1. The van der Waals surface area contributed by atoms with E-state index < -0.39 is 0 Å². The highest BCUT2D eigenvalue weighted by molar-refractivity contribution is 6.04. The summed E-state index contributed by atoms with van der Waals surface area (Å²) in [5.41, 5.74) is 0.401. The van der Waals surface area contributed by atoms with Gasteiger partial charge in [0.25, 0.3) is 5.56 Å². The molecule has 0 spiro atoms. The smallest absolute Gasteiger partial charge is 0.257 e. The molecule has 0 aliphatic heterocycles. The largest absolute Gasteiger partial charge is 0.497 e. The first kappa shape index (κ1) is 14.3. The van der Waals surface area contributed by atoms with Crippen molar-refractivity contribution in [2.75, 3.05) is 7.11 Å². The van der Waals surface area contributed by atoms with Gasteiger partial charge in [-0.2, -0.15) is 0 Å². The standard InChI is InChI=1S/C19H14N2O3/c1-23-12-4-2-5-13(10-12)24-14-7-8-16-17(11-14)15-6-3-9-20-18(15)21-19(16)22/h2-11H,1H3,(H,20,21,22). The Bertz CT molecular complexity index is 1100. The number of fused-ring (bicyclic) bond motifs is 3. The Morgan fingerprint density at radius 2 is 1.71 bits per heavy atom. The molecule has 2 heterocycles. The Balaban J connectivity index is 1.85. The molecule has 0 saturated heterocycles. The molecule has 24 heavy (non-hydrogen) atoms. The van der Waals surface area contributed by atoms with Crippen molar-refractivity contribution >= 4 is 21.8 Å². The summed E-state index contributed by atoms with van der Waals surface area (Å²) in [6, 6.07) is 16.5. The fourth-order valence-corrected chi connectivity index (χ4v) is 2.71. The second-order valence-electron chi connectivity index (χ2n) is 5.34. The minimum absolute atomic E-state index is 0.163. The van der Waals surface area contributed by atoms with E-state index in [2.05, 4.69) is 9.97 Å². The zero-order valence-electron chi connectivity index (χ0n) is 12.9. The van der Waals surface area contributed by atoms with Crippen molar-refractivity contribution in [1.82, 2.24) is 9.97 Å². The van der Waals surface area contributed by atoms with Crippen molar-refractivity contribution in [1.29, 1.82) is 0 Å². The van der Waals surface area contributed by atoms with E-state index in [4.69, 9.17) is 9.47 Å². The SMILES string of the molecule is COc1cccc(Oc2ccc3c(=O)[nH]c4ncccc4c3c2)c1. The second kappa shape index (κ2) is 5.70. The predicted molar refractivity (Wildman–Crippen MR) is 92.9 cm³/mol. The lowest BCUT2D eigenvalue weighted by atomic mass is 10.1. The van der Waals surface area contributed by atoms with Crippen LogP contribution in [0.15, 0.2) is 65.6 Å². The third-order valence-electron chi connectivity index (χ3n) is 3.84. The summed E-state index contributed by atoms with van der Waals surface area (Å²) in [4.78, 5) is 19.2. The Kier molecular flexibility index (Phi) is 3.39. The van der Waals surface area contributed by atoms with Crippen LogP contribution in [0.1, 0.15) is 0 Å². The molecule has 5 nitrogen and oxygen atoms in total. The molecule has 2 aromatic heterocycles. The third kappa shape index (κ3) is 2.46. The summed E-state index contributed by atoms with van der Waals surface area (Å²) in [7, 11) is 1.61. The maximum Gasteiger partial charge on any atom is 0.257 e. The van der Waals surface area contributed by atoms with Crippen molar-refractivity contribution in [2.45, 2.75) is 0 Å². The molecule has 0 radical (unpaired) electrons. The number of nitrogens with one attached hydrogen (secondary N) is 1. The Morgan fingerprint density at radius 1 is 0.875 bits per heavy atom. The van der Waals surface area contributed by atoms with Gasteiger partial charge in [0.05, 0.1) is 7.11 Å². The molecule has 2 aromatic carbocycles. The molecule has 0 amide bonds.